The van der Waals surface area contributed by atoms with Crippen LogP contribution < -0.4 is 11.1 Å². The Hall–Kier alpha value is -3.15. The molecule has 1 aliphatic heterocycles. The number of rotatable bonds is 4. The van der Waals surface area contributed by atoms with Crippen LogP contribution in [0.15, 0.2) is 37.2 Å². The van der Waals surface area contributed by atoms with E-state index >= 15 is 0 Å². The molecule has 0 radical (unpaired) electrons. The molecule has 11 nitrogen and oxygen atoms in total. The van der Waals surface area contributed by atoms with Crippen molar-refractivity contribution in [2.75, 3.05) is 12.3 Å². The third-order valence-corrected chi connectivity index (χ3v) is 4.44. The fraction of sp³-hybridized carbons (Fsp3) is 0.312. The molecule has 4 atom stereocenters. The average Bonchev–Trinajstić information content (AvgIpc) is 3.25. The van der Waals surface area contributed by atoms with Gasteiger partial charge in [-0.1, -0.05) is 0 Å². The Bertz CT molecular complexity index is 964. The summed E-state index contributed by atoms with van der Waals surface area (Å²) in [5.41, 5.74) is 6.86. The number of fused-ring (bicyclic) bond motifs is 1. The smallest absolute Gasteiger partial charge is 0.253 e. The van der Waals surface area contributed by atoms with Gasteiger partial charge in [-0.3, -0.25) is 14.3 Å². The van der Waals surface area contributed by atoms with Gasteiger partial charge >= 0.3 is 0 Å². The van der Waals surface area contributed by atoms with Crippen molar-refractivity contribution in [1.82, 2.24) is 29.8 Å². The van der Waals surface area contributed by atoms with Crippen molar-refractivity contribution in [3.63, 3.8) is 0 Å². The molecule has 0 aliphatic carbocycles. The van der Waals surface area contributed by atoms with Crippen LogP contribution in [0, 0.1) is 0 Å². The Kier molecular flexibility index (Phi) is 4.39. The number of carbonyl (C=O) groups excluding carboxylic acids is 1. The Morgan fingerprint density at radius 2 is 2.22 bits per heavy atom. The minimum atomic E-state index is -1.16. The third kappa shape index (κ3) is 2.97. The van der Waals surface area contributed by atoms with Gasteiger partial charge in [0.25, 0.3) is 5.91 Å². The lowest BCUT2D eigenvalue weighted by atomic mass is 10.1. The summed E-state index contributed by atoms with van der Waals surface area (Å²) < 4.78 is 7.25. The molecule has 1 saturated heterocycles. The second kappa shape index (κ2) is 6.87. The van der Waals surface area contributed by atoms with Crippen LogP contribution in [0.5, 0.6) is 0 Å². The van der Waals surface area contributed by atoms with Gasteiger partial charge in [-0.25, -0.2) is 15.0 Å². The zero-order valence-electron chi connectivity index (χ0n) is 14.0. The van der Waals surface area contributed by atoms with Crippen molar-refractivity contribution in [2.45, 2.75) is 24.5 Å². The summed E-state index contributed by atoms with van der Waals surface area (Å²) in [6.07, 6.45) is 2.77. The highest BCUT2D eigenvalue weighted by molar-refractivity contribution is 5.94. The number of amides is 1. The van der Waals surface area contributed by atoms with Crippen LogP contribution in [0.1, 0.15) is 16.6 Å². The van der Waals surface area contributed by atoms with Crippen molar-refractivity contribution >= 4 is 22.9 Å². The van der Waals surface area contributed by atoms with Gasteiger partial charge in [0.15, 0.2) is 17.7 Å². The van der Waals surface area contributed by atoms with Crippen LogP contribution in [0.25, 0.3) is 11.2 Å². The van der Waals surface area contributed by atoms with E-state index in [2.05, 4.69) is 25.3 Å². The highest BCUT2D eigenvalue weighted by Crippen LogP contribution is 2.32. The number of carbonyl (C=O) groups is 1. The number of aromatic nitrogens is 5. The van der Waals surface area contributed by atoms with E-state index in [1.165, 1.54) is 23.4 Å². The van der Waals surface area contributed by atoms with Crippen molar-refractivity contribution in [2.24, 2.45) is 0 Å². The van der Waals surface area contributed by atoms with E-state index in [0.717, 1.165) is 0 Å². The SMILES string of the molecule is Nc1ncnc2c1ncn2[C@@H]1O[C@H](CO)C(NC(=O)c2cccnc2)[C@@H]1O. The molecule has 11 heteroatoms. The first-order valence-electron chi connectivity index (χ1n) is 8.18. The molecule has 0 spiro atoms. The molecule has 1 fully saturated rings. The number of nitrogens with two attached hydrogens (primary N) is 1. The molecular formula is C16H17N7O4. The van der Waals surface area contributed by atoms with E-state index in [4.69, 9.17) is 10.5 Å². The molecule has 4 rings (SSSR count). The first kappa shape index (κ1) is 17.3. The largest absolute Gasteiger partial charge is 0.394 e. The van der Waals surface area contributed by atoms with Gasteiger partial charge in [0.05, 0.1) is 24.5 Å². The van der Waals surface area contributed by atoms with E-state index in [-0.39, 0.29) is 5.82 Å². The summed E-state index contributed by atoms with van der Waals surface area (Å²) in [6, 6.07) is 2.38. The molecule has 0 bridgehead atoms. The second-order valence-corrected chi connectivity index (χ2v) is 6.06. The van der Waals surface area contributed by atoms with Gasteiger partial charge in [0.2, 0.25) is 0 Å². The topological polar surface area (TPSA) is 161 Å². The number of pyridine rings is 1. The van der Waals surface area contributed by atoms with Crippen LogP contribution in [0.4, 0.5) is 5.82 Å². The number of nitrogens with one attached hydrogen (secondary N) is 1. The Balaban J connectivity index is 1.61. The monoisotopic (exact) mass is 371 g/mol. The standard InChI is InChI=1S/C16H17N7O4/c17-13-11-14(20-6-19-13)23(7-21-11)16-12(25)10(9(5-24)27-16)22-15(26)8-2-1-3-18-4-8/h1-4,6-7,9-10,12,16,24-25H,5H2,(H,22,26)(H2,17,19,20)/t9-,10?,12+,16-/m1/s1. The maximum absolute atomic E-state index is 12.4. The number of hydrogen-bond donors (Lipinski definition) is 4. The fourth-order valence-electron chi connectivity index (χ4n) is 3.09. The molecule has 1 aliphatic rings. The lowest BCUT2D eigenvalue weighted by Crippen LogP contribution is -2.48. The van der Waals surface area contributed by atoms with Crippen molar-refractivity contribution in [3.05, 3.63) is 42.7 Å². The molecule has 0 aromatic carbocycles. The molecule has 5 N–H and O–H groups in total. The lowest BCUT2D eigenvalue weighted by molar-refractivity contribution is -0.0489. The van der Waals surface area contributed by atoms with Crippen LogP contribution in [0.3, 0.4) is 0 Å². The van der Waals surface area contributed by atoms with Crippen LogP contribution in [0.2, 0.25) is 0 Å². The predicted molar refractivity (Wildman–Crippen MR) is 92.2 cm³/mol. The molecule has 4 heterocycles. The van der Waals surface area contributed by atoms with Gasteiger partial charge in [-0.15, -0.1) is 0 Å². The summed E-state index contributed by atoms with van der Waals surface area (Å²) in [4.78, 5) is 28.4. The van der Waals surface area contributed by atoms with Gasteiger partial charge < -0.3 is 26.0 Å². The van der Waals surface area contributed by atoms with Gasteiger partial charge in [-0.05, 0) is 12.1 Å². The molecule has 3 aromatic rings. The minimum Gasteiger partial charge on any atom is -0.394 e. The van der Waals surface area contributed by atoms with Gasteiger partial charge in [0, 0.05) is 12.4 Å². The third-order valence-electron chi connectivity index (χ3n) is 4.44. The number of ether oxygens (including phenoxy) is 1. The summed E-state index contributed by atoms with van der Waals surface area (Å²) in [7, 11) is 0. The fourth-order valence-corrected chi connectivity index (χ4v) is 3.09. The van der Waals surface area contributed by atoms with Crippen molar-refractivity contribution < 1.29 is 19.7 Å². The van der Waals surface area contributed by atoms with Crippen LogP contribution in [-0.2, 0) is 4.74 Å². The number of aliphatic hydroxyl groups excluding tert-OH is 2. The van der Waals surface area contributed by atoms with Crippen molar-refractivity contribution in [1.29, 1.82) is 0 Å². The zero-order chi connectivity index (χ0) is 19.0. The van der Waals surface area contributed by atoms with E-state index in [1.54, 1.807) is 18.3 Å². The van der Waals surface area contributed by atoms with Crippen LogP contribution in [-0.4, -0.2) is 65.5 Å². The van der Waals surface area contributed by atoms with E-state index < -0.39 is 37.0 Å². The first-order valence-corrected chi connectivity index (χ1v) is 8.18. The van der Waals surface area contributed by atoms with Crippen LogP contribution >= 0.6 is 0 Å². The summed E-state index contributed by atoms with van der Waals surface area (Å²) in [5, 5.41) is 23.1. The molecule has 3 aromatic heterocycles. The van der Waals surface area contributed by atoms with E-state index in [0.29, 0.717) is 16.7 Å². The maximum atomic E-state index is 12.4. The summed E-state index contributed by atoms with van der Waals surface area (Å²) >= 11 is 0. The Labute approximate surface area is 152 Å². The Morgan fingerprint density at radius 1 is 1.37 bits per heavy atom. The van der Waals surface area contributed by atoms with Gasteiger partial charge in [-0.2, -0.15) is 0 Å². The number of aliphatic hydroxyl groups is 2. The molecule has 1 amide bonds. The lowest BCUT2D eigenvalue weighted by Gasteiger charge is -2.20. The minimum absolute atomic E-state index is 0.200. The maximum Gasteiger partial charge on any atom is 0.253 e. The van der Waals surface area contributed by atoms with Crippen molar-refractivity contribution in [3.8, 4) is 0 Å². The Morgan fingerprint density at radius 3 is 2.96 bits per heavy atom. The second-order valence-electron chi connectivity index (χ2n) is 6.06. The number of anilines is 1. The number of imidazole rings is 1. The highest BCUT2D eigenvalue weighted by atomic mass is 16.5. The molecule has 140 valence electrons. The summed E-state index contributed by atoms with van der Waals surface area (Å²) in [6.45, 7) is -0.394. The first-order chi connectivity index (χ1) is 13.1. The zero-order valence-corrected chi connectivity index (χ0v) is 14.0. The molecule has 1 unspecified atom stereocenters. The normalized spacial score (nSPS) is 25.0. The average molecular weight is 371 g/mol. The highest BCUT2D eigenvalue weighted by Gasteiger charge is 2.45. The predicted octanol–water partition coefficient (Wildman–Crippen LogP) is -1.15. The van der Waals surface area contributed by atoms with Gasteiger partial charge in [0.1, 0.15) is 24.1 Å². The number of nitrogen functional groups attached to an aromatic ring is 1. The number of hydrogen-bond acceptors (Lipinski definition) is 9. The summed E-state index contributed by atoms with van der Waals surface area (Å²) in [5.74, 6) is -0.233. The number of nitrogens with zero attached hydrogens (tertiary/aromatic N) is 5. The molecule has 0 saturated carbocycles. The quantitative estimate of drug-likeness (QED) is 0.444. The van der Waals surface area contributed by atoms with E-state index in [9.17, 15) is 15.0 Å². The van der Waals surface area contributed by atoms with E-state index in [1.807, 2.05) is 0 Å². The molecule has 27 heavy (non-hydrogen) atoms. The molecular weight excluding hydrogens is 354 g/mol.